The fourth-order valence-corrected chi connectivity index (χ4v) is 2.10. The van der Waals surface area contributed by atoms with Gasteiger partial charge in [0.05, 0.1) is 6.61 Å². The van der Waals surface area contributed by atoms with E-state index in [0.29, 0.717) is 24.4 Å². The van der Waals surface area contributed by atoms with Crippen LogP contribution in [0.3, 0.4) is 0 Å². The van der Waals surface area contributed by atoms with Crippen molar-refractivity contribution in [2.45, 2.75) is 13.0 Å². The van der Waals surface area contributed by atoms with Gasteiger partial charge in [-0.1, -0.05) is 6.07 Å². The highest BCUT2D eigenvalue weighted by molar-refractivity contribution is 6.00. The molecule has 6 nitrogen and oxygen atoms in total. The first kappa shape index (κ1) is 14.5. The Labute approximate surface area is 117 Å². The normalized spacial score (nSPS) is 18.4. The summed E-state index contributed by atoms with van der Waals surface area (Å²) in [5, 5.41) is 8.50. The second-order valence-electron chi connectivity index (χ2n) is 4.61. The quantitative estimate of drug-likeness (QED) is 0.741. The molecule has 1 aliphatic rings. The third-order valence-electron chi connectivity index (χ3n) is 3.28. The second-order valence-corrected chi connectivity index (χ2v) is 4.61. The molecule has 0 bridgehead atoms. The monoisotopic (exact) mass is 277 g/mol. The molecule has 0 spiro atoms. The van der Waals surface area contributed by atoms with Crippen LogP contribution in [0.5, 0.6) is 0 Å². The molecule has 0 aliphatic carbocycles. The summed E-state index contributed by atoms with van der Waals surface area (Å²) in [4.78, 5) is 23.8. The minimum atomic E-state index is -0.494. The Morgan fingerprint density at radius 1 is 1.40 bits per heavy atom. The fourth-order valence-electron chi connectivity index (χ4n) is 2.10. The molecule has 3 N–H and O–H groups in total. The van der Waals surface area contributed by atoms with E-state index in [2.05, 4.69) is 16.0 Å². The molecular formula is C14H19N3O3. The molecule has 0 saturated carbocycles. The molecule has 1 atom stereocenters. The molecular weight excluding hydrogens is 258 g/mol. The molecule has 1 aliphatic heterocycles. The molecule has 108 valence electrons. The summed E-state index contributed by atoms with van der Waals surface area (Å²) in [6, 6.07) is 5.24. The van der Waals surface area contributed by atoms with Crippen LogP contribution in [0, 0.1) is 6.92 Å². The molecule has 1 saturated heterocycles. The number of carbonyl (C=O) groups excluding carboxylic acids is 2. The Balaban J connectivity index is 2.12. The Kier molecular flexibility index (Phi) is 4.70. The van der Waals surface area contributed by atoms with Gasteiger partial charge in [-0.25, -0.2) is 0 Å². The molecule has 2 rings (SSSR count). The highest BCUT2D eigenvalue weighted by atomic mass is 16.5. The average Bonchev–Trinajstić information content (AvgIpc) is 2.49. The summed E-state index contributed by atoms with van der Waals surface area (Å²) in [5.41, 5.74) is 1.92. The fraction of sp³-hybridized carbons (Fsp3) is 0.429. The van der Waals surface area contributed by atoms with Crippen molar-refractivity contribution < 1.29 is 14.3 Å². The van der Waals surface area contributed by atoms with Crippen LogP contribution in [0.1, 0.15) is 15.9 Å². The standard InChI is InChI=1S/C14H19N3O3/c1-9-10(13(18)15-2)4-3-5-11(9)17-14(19)12-8-16-6-7-20-12/h3-5,12,16H,6-8H2,1-2H3,(H,15,18)(H,17,19). The third kappa shape index (κ3) is 3.15. The van der Waals surface area contributed by atoms with Crippen LogP contribution in [0.4, 0.5) is 5.69 Å². The molecule has 1 fully saturated rings. The summed E-state index contributed by atoms with van der Waals surface area (Å²) < 4.78 is 5.40. The number of ether oxygens (including phenoxy) is 1. The molecule has 0 radical (unpaired) electrons. The molecule has 0 aromatic heterocycles. The molecule has 1 unspecified atom stereocenters. The minimum absolute atomic E-state index is 0.172. The number of hydrogen-bond acceptors (Lipinski definition) is 4. The van der Waals surface area contributed by atoms with Crippen LogP contribution in [-0.4, -0.2) is 44.7 Å². The number of hydrogen-bond donors (Lipinski definition) is 3. The predicted octanol–water partition coefficient (Wildman–Crippen LogP) is 0.282. The van der Waals surface area contributed by atoms with Crippen molar-refractivity contribution in [1.82, 2.24) is 10.6 Å². The zero-order valence-electron chi connectivity index (χ0n) is 11.7. The van der Waals surface area contributed by atoms with E-state index in [1.165, 1.54) is 0 Å². The highest BCUT2D eigenvalue weighted by Gasteiger charge is 2.22. The lowest BCUT2D eigenvalue weighted by Crippen LogP contribution is -2.45. The topological polar surface area (TPSA) is 79.5 Å². The van der Waals surface area contributed by atoms with Crippen molar-refractivity contribution >= 4 is 17.5 Å². The van der Waals surface area contributed by atoms with Crippen molar-refractivity contribution in [2.75, 3.05) is 32.1 Å². The van der Waals surface area contributed by atoms with E-state index in [4.69, 9.17) is 4.74 Å². The second kappa shape index (κ2) is 6.49. The van der Waals surface area contributed by atoms with Gasteiger partial charge in [0, 0.05) is 31.4 Å². The molecule has 6 heteroatoms. The minimum Gasteiger partial charge on any atom is -0.366 e. The number of anilines is 1. The Hall–Kier alpha value is -1.92. The van der Waals surface area contributed by atoms with Crippen molar-refractivity contribution in [3.8, 4) is 0 Å². The number of benzene rings is 1. The van der Waals surface area contributed by atoms with Gasteiger partial charge < -0.3 is 20.7 Å². The third-order valence-corrected chi connectivity index (χ3v) is 3.28. The summed E-state index contributed by atoms with van der Waals surface area (Å²) in [5.74, 6) is -0.372. The Bertz CT molecular complexity index is 510. The first-order chi connectivity index (χ1) is 9.63. The van der Waals surface area contributed by atoms with E-state index in [9.17, 15) is 9.59 Å². The lowest BCUT2D eigenvalue weighted by atomic mass is 10.1. The summed E-state index contributed by atoms with van der Waals surface area (Å²) >= 11 is 0. The molecule has 1 heterocycles. The van der Waals surface area contributed by atoms with Crippen LogP contribution in [0.15, 0.2) is 18.2 Å². The number of rotatable bonds is 3. The van der Waals surface area contributed by atoms with Gasteiger partial charge in [-0.05, 0) is 24.6 Å². The first-order valence-electron chi connectivity index (χ1n) is 6.58. The summed E-state index contributed by atoms with van der Waals surface area (Å²) in [6.07, 6.45) is -0.494. The molecule has 20 heavy (non-hydrogen) atoms. The average molecular weight is 277 g/mol. The van der Waals surface area contributed by atoms with Crippen LogP contribution >= 0.6 is 0 Å². The van der Waals surface area contributed by atoms with E-state index in [1.807, 2.05) is 0 Å². The maximum absolute atomic E-state index is 12.1. The van der Waals surface area contributed by atoms with Crippen LogP contribution < -0.4 is 16.0 Å². The SMILES string of the molecule is CNC(=O)c1cccc(NC(=O)C2CNCCO2)c1C. The smallest absolute Gasteiger partial charge is 0.254 e. The zero-order valence-corrected chi connectivity index (χ0v) is 11.7. The van der Waals surface area contributed by atoms with E-state index in [-0.39, 0.29) is 11.8 Å². The number of amides is 2. The van der Waals surface area contributed by atoms with Crippen LogP contribution in [0.25, 0.3) is 0 Å². The lowest BCUT2D eigenvalue weighted by molar-refractivity contribution is -0.128. The first-order valence-corrected chi connectivity index (χ1v) is 6.58. The van der Waals surface area contributed by atoms with Gasteiger partial charge >= 0.3 is 0 Å². The van der Waals surface area contributed by atoms with Crippen molar-refractivity contribution in [1.29, 1.82) is 0 Å². The van der Waals surface area contributed by atoms with E-state index in [1.54, 1.807) is 32.2 Å². The number of nitrogens with one attached hydrogen (secondary N) is 3. The summed E-state index contributed by atoms with van der Waals surface area (Å²) in [6.45, 7) is 3.59. The van der Waals surface area contributed by atoms with Crippen molar-refractivity contribution in [3.63, 3.8) is 0 Å². The van der Waals surface area contributed by atoms with Crippen LogP contribution in [0.2, 0.25) is 0 Å². The van der Waals surface area contributed by atoms with E-state index < -0.39 is 6.10 Å². The van der Waals surface area contributed by atoms with Gasteiger partial charge in [-0.2, -0.15) is 0 Å². The Morgan fingerprint density at radius 3 is 2.85 bits per heavy atom. The maximum atomic E-state index is 12.1. The van der Waals surface area contributed by atoms with E-state index in [0.717, 1.165) is 12.1 Å². The Morgan fingerprint density at radius 2 is 2.20 bits per heavy atom. The number of morpholine rings is 1. The number of carbonyl (C=O) groups is 2. The molecule has 2 amide bonds. The highest BCUT2D eigenvalue weighted by Crippen LogP contribution is 2.19. The van der Waals surface area contributed by atoms with Crippen molar-refractivity contribution in [2.24, 2.45) is 0 Å². The molecule has 1 aromatic rings. The van der Waals surface area contributed by atoms with Gasteiger partial charge in [0.1, 0.15) is 6.10 Å². The van der Waals surface area contributed by atoms with Gasteiger partial charge in [0.2, 0.25) is 0 Å². The van der Waals surface area contributed by atoms with Gasteiger partial charge in [-0.15, -0.1) is 0 Å². The molecule has 1 aromatic carbocycles. The predicted molar refractivity (Wildman–Crippen MR) is 75.8 cm³/mol. The summed E-state index contributed by atoms with van der Waals surface area (Å²) in [7, 11) is 1.58. The van der Waals surface area contributed by atoms with Gasteiger partial charge in [-0.3, -0.25) is 9.59 Å². The van der Waals surface area contributed by atoms with Gasteiger partial charge in [0.15, 0.2) is 0 Å². The van der Waals surface area contributed by atoms with Crippen molar-refractivity contribution in [3.05, 3.63) is 29.3 Å². The van der Waals surface area contributed by atoms with Gasteiger partial charge in [0.25, 0.3) is 11.8 Å². The zero-order chi connectivity index (χ0) is 14.5. The maximum Gasteiger partial charge on any atom is 0.254 e. The van der Waals surface area contributed by atoms with E-state index >= 15 is 0 Å². The largest absolute Gasteiger partial charge is 0.366 e. The lowest BCUT2D eigenvalue weighted by Gasteiger charge is -2.23. The van der Waals surface area contributed by atoms with Crippen LogP contribution in [-0.2, 0) is 9.53 Å².